The van der Waals surface area contributed by atoms with Gasteiger partial charge < -0.3 is 14.7 Å². The lowest BCUT2D eigenvalue weighted by Gasteiger charge is -2.26. The summed E-state index contributed by atoms with van der Waals surface area (Å²) < 4.78 is 4.96. The molecule has 0 aliphatic rings. The summed E-state index contributed by atoms with van der Waals surface area (Å²) in [5, 5.41) is 8.62. The number of aliphatic hydroxyl groups is 1. The Morgan fingerprint density at radius 2 is 2.07 bits per heavy atom. The lowest BCUT2D eigenvalue weighted by atomic mass is 10.2. The first kappa shape index (κ1) is 14.4. The van der Waals surface area contributed by atoms with Crippen molar-refractivity contribution in [3.8, 4) is 0 Å². The van der Waals surface area contributed by atoms with E-state index in [2.05, 4.69) is 0 Å². The van der Waals surface area contributed by atoms with E-state index in [9.17, 15) is 4.79 Å². The number of carbonyl (C=O) groups excluding carboxylic acids is 1. The maximum Gasteiger partial charge on any atom is 0.222 e. The number of unbranched alkanes of at least 4 members (excludes halogenated alkanes) is 1. The Morgan fingerprint density at radius 3 is 2.53 bits per heavy atom. The fourth-order valence-electron chi connectivity index (χ4n) is 1.39. The van der Waals surface area contributed by atoms with Crippen LogP contribution < -0.4 is 0 Å². The summed E-state index contributed by atoms with van der Waals surface area (Å²) in [5.41, 5.74) is 0. The molecule has 0 unspecified atom stereocenters. The maximum absolute atomic E-state index is 11.8. The molecule has 0 saturated carbocycles. The molecule has 0 saturated heterocycles. The van der Waals surface area contributed by atoms with Crippen LogP contribution in [0, 0.1) is 0 Å². The lowest BCUT2D eigenvalue weighted by molar-refractivity contribution is -0.133. The molecule has 0 aromatic heterocycles. The van der Waals surface area contributed by atoms with Gasteiger partial charge in [0.25, 0.3) is 0 Å². The smallest absolute Gasteiger partial charge is 0.222 e. The van der Waals surface area contributed by atoms with Gasteiger partial charge in [0.2, 0.25) is 5.91 Å². The molecule has 1 amide bonds. The van der Waals surface area contributed by atoms with Crippen LogP contribution in [0.15, 0.2) is 0 Å². The van der Waals surface area contributed by atoms with Crippen LogP contribution in [0.25, 0.3) is 0 Å². The number of ether oxygens (including phenoxy) is 1. The number of hydrogen-bond acceptors (Lipinski definition) is 3. The van der Waals surface area contributed by atoms with E-state index in [4.69, 9.17) is 9.84 Å². The van der Waals surface area contributed by atoms with E-state index in [1.807, 2.05) is 18.7 Å². The maximum atomic E-state index is 11.8. The molecule has 4 nitrogen and oxygen atoms in total. The zero-order valence-electron chi connectivity index (χ0n) is 10.0. The van der Waals surface area contributed by atoms with E-state index in [0.717, 1.165) is 6.42 Å². The predicted octanol–water partition coefficient (Wildman–Crippen LogP) is 1.03. The van der Waals surface area contributed by atoms with Gasteiger partial charge >= 0.3 is 0 Å². The number of aliphatic hydroxyl groups excluding tert-OH is 1. The molecule has 0 rings (SSSR count). The highest BCUT2D eigenvalue weighted by Crippen LogP contribution is 2.05. The van der Waals surface area contributed by atoms with Gasteiger partial charge in [-0.1, -0.05) is 0 Å². The monoisotopic (exact) mass is 217 g/mol. The van der Waals surface area contributed by atoms with Gasteiger partial charge in [-0.2, -0.15) is 0 Å². The molecule has 90 valence electrons. The molecule has 0 aromatic carbocycles. The van der Waals surface area contributed by atoms with Crippen LogP contribution in [0.3, 0.4) is 0 Å². The van der Waals surface area contributed by atoms with Crippen molar-refractivity contribution in [3.05, 3.63) is 0 Å². The first-order valence-electron chi connectivity index (χ1n) is 5.52. The molecular formula is C11H23NO3. The number of amides is 1. The lowest BCUT2D eigenvalue weighted by Crippen LogP contribution is -2.39. The fourth-order valence-corrected chi connectivity index (χ4v) is 1.39. The third kappa shape index (κ3) is 6.47. The molecule has 0 aliphatic carbocycles. The highest BCUT2D eigenvalue weighted by molar-refractivity contribution is 5.76. The molecule has 0 heterocycles. The molecule has 15 heavy (non-hydrogen) atoms. The molecule has 0 atom stereocenters. The molecule has 4 heteroatoms. The zero-order chi connectivity index (χ0) is 11.7. The molecule has 0 aliphatic heterocycles. The summed E-state index contributed by atoms with van der Waals surface area (Å²) >= 11 is 0. The van der Waals surface area contributed by atoms with Gasteiger partial charge in [0, 0.05) is 32.7 Å². The summed E-state index contributed by atoms with van der Waals surface area (Å²) in [7, 11) is 1.63. The standard InChI is InChI=1S/C11H23NO3/c1-10(2)12(7-9-15-3)11(14)6-4-5-8-13/h10,13H,4-9H2,1-3H3. The van der Waals surface area contributed by atoms with Crippen molar-refractivity contribution in [2.45, 2.75) is 39.2 Å². The molecule has 1 N–H and O–H groups in total. The van der Waals surface area contributed by atoms with Gasteiger partial charge in [-0.25, -0.2) is 0 Å². The molecule has 0 radical (unpaired) electrons. The van der Waals surface area contributed by atoms with E-state index in [-0.39, 0.29) is 18.6 Å². The summed E-state index contributed by atoms with van der Waals surface area (Å²) in [4.78, 5) is 13.6. The first-order valence-corrected chi connectivity index (χ1v) is 5.52. The minimum Gasteiger partial charge on any atom is -0.396 e. The zero-order valence-corrected chi connectivity index (χ0v) is 10.0. The number of carbonyl (C=O) groups is 1. The van der Waals surface area contributed by atoms with E-state index in [1.165, 1.54) is 0 Å². The Kier molecular flexibility index (Phi) is 8.33. The predicted molar refractivity (Wildman–Crippen MR) is 59.7 cm³/mol. The van der Waals surface area contributed by atoms with Gasteiger partial charge in [-0.15, -0.1) is 0 Å². The average molecular weight is 217 g/mol. The summed E-state index contributed by atoms with van der Waals surface area (Å²) in [6, 6.07) is 0.210. The van der Waals surface area contributed by atoms with Crippen molar-refractivity contribution in [3.63, 3.8) is 0 Å². The third-order valence-electron chi connectivity index (χ3n) is 2.28. The second-order valence-corrected chi connectivity index (χ2v) is 3.85. The van der Waals surface area contributed by atoms with Crippen molar-refractivity contribution in [2.75, 3.05) is 26.9 Å². The fraction of sp³-hybridized carbons (Fsp3) is 0.909. The van der Waals surface area contributed by atoms with Gasteiger partial charge in [0.05, 0.1) is 6.61 Å². The highest BCUT2D eigenvalue weighted by Gasteiger charge is 2.15. The Hall–Kier alpha value is -0.610. The average Bonchev–Trinajstić information content (AvgIpc) is 2.18. The Labute approximate surface area is 92.2 Å². The van der Waals surface area contributed by atoms with Gasteiger partial charge in [0.1, 0.15) is 0 Å². The number of hydrogen-bond donors (Lipinski definition) is 1. The number of nitrogens with zero attached hydrogens (tertiary/aromatic N) is 1. The quantitative estimate of drug-likeness (QED) is 0.618. The minimum atomic E-state index is 0.149. The number of methoxy groups -OCH3 is 1. The van der Waals surface area contributed by atoms with Crippen LogP contribution in [0.2, 0.25) is 0 Å². The molecule has 0 aromatic rings. The first-order chi connectivity index (χ1) is 7.13. The SMILES string of the molecule is COCCN(C(=O)CCCCO)C(C)C. The van der Waals surface area contributed by atoms with E-state index in [1.54, 1.807) is 7.11 Å². The van der Waals surface area contributed by atoms with Crippen LogP contribution >= 0.6 is 0 Å². The van der Waals surface area contributed by atoms with E-state index < -0.39 is 0 Å². The van der Waals surface area contributed by atoms with E-state index >= 15 is 0 Å². The van der Waals surface area contributed by atoms with Crippen molar-refractivity contribution in [2.24, 2.45) is 0 Å². The second-order valence-electron chi connectivity index (χ2n) is 3.85. The number of rotatable bonds is 8. The summed E-state index contributed by atoms with van der Waals surface area (Å²) in [6.45, 7) is 5.38. The summed E-state index contributed by atoms with van der Waals surface area (Å²) in [6.07, 6.45) is 1.97. The normalized spacial score (nSPS) is 10.7. The minimum absolute atomic E-state index is 0.149. The van der Waals surface area contributed by atoms with Crippen LogP contribution in [0.4, 0.5) is 0 Å². The van der Waals surface area contributed by atoms with E-state index in [0.29, 0.717) is 26.0 Å². The molecular weight excluding hydrogens is 194 g/mol. The topological polar surface area (TPSA) is 49.8 Å². The van der Waals surface area contributed by atoms with Crippen molar-refractivity contribution in [1.82, 2.24) is 4.90 Å². The molecule has 0 fully saturated rings. The van der Waals surface area contributed by atoms with Gasteiger partial charge in [-0.3, -0.25) is 4.79 Å². The van der Waals surface area contributed by atoms with Gasteiger partial charge in [0.15, 0.2) is 0 Å². The van der Waals surface area contributed by atoms with Crippen molar-refractivity contribution >= 4 is 5.91 Å². The highest BCUT2D eigenvalue weighted by atomic mass is 16.5. The van der Waals surface area contributed by atoms with Crippen LogP contribution in [0.1, 0.15) is 33.1 Å². The van der Waals surface area contributed by atoms with Gasteiger partial charge in [-0.05, 0) is 26.7 Å². The second kappa shape index (κ2) is 8.68. The van der Waals surface area contributed by atoms with Crippen molar-refractivity contribution in [1.29, 1.82) is 0 Å². The molecule has 0 bridgehead atoms. The van der Waals surface area contributed by atoms with Crippen LogP contribution in [0.5, 0.6) is 0 Å². The largest absolute Gasteiger partial charge is 0.396 e. The Bertz CT molecular complexity index is 171. The van der Waals surface area contributed by atoms with Crippen LogP contribution in [-0.4, -0.2) is 48.8 Å². The Morgan fingerprint density at radius 1 is 1.40 bits per heavy atom. The van der Waals surface area contributed by atoms with Crippen molar-refractivity contribution < 1.29 is 14.6 Å². The summed E-state index contributed by atoms with van der Waals surface area (Å²) in [5.74, 6) is 0.149. The Balaban J connectivity index is 3.93. The van der Waals surface area contributed by atoms with Crippen LogP contribution in [-0.2, 0) is 9.53 Å². The third-order valence-corrected chi connectivity index (χ3v) is 2.28. The molecule has 0 spiro atoms.